The number of aromatic nitrogens is 1. The van der Waals surface area contributed by atoms with E-state index in [-0.39, 0.29) is 5.56 Å². The third-order valence-corrected chi connectivity index (χ3v) is 5.78. The highest BCUT2D eigenvalue weighted by atomic mass is 19.4. The number of para-hydroxylation sites is 1. The van der Waals surface area contributed by atoms with Crippen molar-refractivity contribution in [1.82, 2.24) is 4.98 Å². The summed E-state index contributed by atoms with van der Waals surface area (Å²) in [5.41, 5.74) is 2.02. The second kappa shape index (κ2) is 5.68. The topological polar surface area (TPSA) is 12.9 Å². The molecule has 1 unspecified atom stereocenters. The van der Waals surface area contributed by atoms with Gasteiger partial charge in [0, 0.05) is 10.9 Å². The molecule has 1 nitrogen and oxygen atoms in total. The van der Waals surface area contributed by atoms with Crippen molar-refractivity contribution in [3.8, 4) is 22.4 Å². The quantitative estimate of drug-likeness (QED) is 0.359. The standard InChI is InChI=1S/C24H16F3N/c1-23(24(25,26)27)19-8-4-3-7-17(19)18-12-10-16(14-20(18)23)22-13-11-15-6-2-5-9-21(15)28-22/h2-14H,1H3. The lowest BCUT2D eigenvalue weighted by Crippen LogP contribution is -2.38. The first-order chi connectivity index (χ1) is 13.4. The van der Waals surface area contributed by atoms with E-state index in [1.165, 1.54) is 6.92 Å². The van der Waals surface area contributed by atoms with Crippen LogP contribution in [0.1, 0.15) is 18.1 Å². The highest BCUT2D eigenvalue weighted by Crippen LogP contribution is 2.56. The molecule has 0 spiro atoms. The maximum absolute atomic E-state index is 14.2. The van der Waals surface area contributed by atoms with E-state index in [1.54, 1.807) is 36.4 Å². The van der Waals surface area contributed by atoms with E-state index in [9.17, 15) is 13.2 Å². The zero-order valence-corrected chi connectivity index (χ0v) is 15.1. The van der Waals surface area contributed by atoms with E-state index >= 15 is 0 Å². The smallest absolute Gasteiger partial charge is 0.248 e. The molecule has 1 atom stereocenters. The van der Waals surface area contributed by atoms with Crippen LogP contribution in [0.25, 0.3) is 33.3 Å². The Morgan fingerprint density at radius 1 is 0.750 bits per heavy atom. The molecule has 1 heterocycles. The highest BCUT2D eigenvalue weighted by Gasteiger charge is 2.58. The molecule has 0 amide bonds. The Morgan fingerprint density at radius 3 is 2.29 bits per heavy atom. The molecule has 0 N–H and O–H groups in total. The van der Waals surface area contributed by atoms with E-state index < -0.39 is 11.6 Å². The molecule has 0 saturated carbocycles. The number of pyridine rings is 1. The Morgan fingerprint density at radius 2 is 1.46 bits per heavy atom. The van der Waals surface area contributed by atoms with Crippen molar-refractivity contribution in [2.24, 2.45) is 0 Å². The Bertz CT molecular complexity index is 1230. The fourth-order valence-electron chi connectivity index (χ4n) is 4.18. The Labute approximate surface area is 160 Å². The molecule has 1 aliphatic rings. The van der Waals surface area contributed by atoms with Gasteiger partial charge in [-0.2, -0.15) is 13.2 Å². The Kier molecular flexibility index (Phi) is 3.45. The number of benzene rings is 3. The minimum Gasteiger partial charge on any atom is -0.248 e. The molecule has 4 heteroatoms. The molecule has 0 aliphatic heterocycles. The van der Waals surface area contributed by atoms with Gasteiger partial charge >= 0.3 is 6.18 Å². The van der Waals surface area contributed by atoms with Gasteiger partial charge in [0.25, 0.3) is 0 Å². The van der Waals surface area contributed by atoms with Gasteiger partial charge in [-0.15, -0.1) is 0 Å². The van der Waals surface area contributed by atoms with Crippen LogP contribution >= 0.6 is 0 Å². The summed E-state index contributed by atoms with van der Waals surface area (Å²) in [5.74, 6) is 0. The van der Waals surface area contributed by atoms with Crippen LogP contribution in [0.5, 0.6) is 0 Å². The number of nitrogens with zero attached hydrogens (tertiary/aromatic N) is 1. The van der Waals surface area contributed by atoms with Crippen LogP contribution in [0.2, 0.25) is 0 Å². The third kappa shape index (κ3) is 2.24. The van der Waals surface area contributed by atoms with Gasteiger partial charge < -0.3 is 0 Å². The molecular weight excluding hydrogens is 359 g/mol. The third-order valence-electron chi connectivity index (χ3n) is 5.78. The predicted molar refractivity (Wildman–Crippen MR) is 105 cm³/mol. The molecule has 1 aromatic heterocycles. The van der Waals surface area contributed by atoms with E-state index in [4.69, 9.17) is 0 Å². The van der Waals surface area contributed by atoms with Crippen LogP contribution < -0.4 is 0 Å². The lowest BCUT2D eigenvalue weighted by molar-refractivity contribution is -0.172. The minimum atomic E-state index is -4.40. The number of rotatable bonds is 1. The first kappa shape index (κ1) is 17.0. The molecule has 3 aromatic carbocycles. The van der Waals surface area contributed by atoms with Gasteiger partial charge in [-0.1, -0.05) is 60.7 Å². The molecular formula is C24H16F3N. The van der Waals surface area contributed by atoms with Crippen molar-refractivity contribution >= 4 is 10.9 Å². The van der Waals surface area contributed by atoms with Gasteiger partial charge in [-0.25, -0.2) is 4.98 Å². The molecule has 28 heavy (non-hydrogen) atoms. The molecule has 1 aliphatic carbocycles. The lowest BCUT2D eigenvalue weighted by Gasteiger charge is -2.30. The van der Waals surface area contributed by atoms with Crippen LogP contribution in [-0.4, -0.2) is 11.2 Å². The predicted octanol–water partition coefficient (Wildman–Crippen LogP) is 6.75. The summed E-state index contributed by atoms with van der Waals surface area (Å²) in [6, 6.07) is 23.6. The maximum atomic E-state index is 14.2. The zero-order chi connectivity index (χ0) is 19.5. The van der Waals surface area contributed by atoms with Crippen LogP contribution in [-0.2, 0) is 5.41 Å². The first-order valence-corrected chi connectivity index (χ1v) is 9.07. The minimum absolute atomic E-state index is 0.286. The van der Waals surface area contributed by atoms with Crippen molar-refractivity contribution in [2.45, 2.75) is 18.5 Å². The summed E-state index contributed by atoms with van der Waals surface area (Å²) in [6.45, 7) is 1.27. The normalized spacial score (nSPS) is 18.1. The van der Waals surface area contributed by atoms with E-state index in [2.05, 4.69) is 4.98 Å². The van der Waals surface area contributed by atoms with Gasteiger partial charge in [0.2, 0.25) is 0 Å². The number of hydrogen-bond acceptors (Lipinski definition) is 1. The van der Waals surface area contributed by atoms with Crippen molar-refractivity contribution in [3.63, 3.8) is 0 Å². The van der Waals surface area contributed by atoms with Crippen molar-refractivity contribution in [2.75, 3.05) is 0 Å². The summed E-state index contributed by atoms with van der Waals surface area (Å²) >= 11 is 0. The SMILES string of the molecule is CC1(C(F)(F)F)c2ccccc2-c2ccc(-c3ccc4ccccc4n3)cc21. The summed E-state index contributed by atoms with van der Waals surface area (Å²) in [4.78, 5) is 4.65. The lowest BCUT2D eigenvalue weighted by atomic mass is 9.79. The first-order valence-electron chi connectivity index (χ1n) is 9.07. The maximum Gasteiger partial charge on any atom is 0.402 e. The summed E-state index contributed by atoms with van der Waals surface area (Å²) in [5, 5.41) is 1.000. The largest absolute Gasteiger partial charge is 0.402 e. The molecule has 138 valence electrons. The number of hydrogen-bond donors (Lipinski definition) is 0. The zero-order valence-electron chi connectivity index (χ0n) is 15.1. The second-order valence-corrected chi connectivity index (χ2v) is 7.32. The number of halogens is 3. The van der Waals surface area contributed by atoms with E-state index in [0.717, 1.165) is 10.9 Å². The van der Waals surface area contributed by atoms with Crippen molar-refractivity contribution < 1.29 is 13.2 Å². The fraction of sp³-hybridized carbons (Fsp3) is 0.125. The van der Waals surface area contributed by atoms with Gasteiger partial charge in [0.05, 0.1) is 11.2 Å². The summed E-state index contributed by atoms with van der Waals surface area (Å²) in [7, 11) is 0. The Balaban J connectivity index is 1.74. The molecule has 4 aromatic rings. The summed E-state index contributed by atoms with van der Waals surface area (Å²) < 4.78 is 42.7. The van der Waals surface area contributed by atoms with Crippen LogP contribution in [0.15, 0.2) is 78.9 Å². The van der Waals surface area contributed by atoms with E-state index in [0.29, 0.717) is 27.9 Å². The van der Waals surface area contributed by atoms with Crippen molar-refractivity contribution in [1.29, 1.82) is 0 Å². The van der Waals surface area contributed by atoms with Gasteiger partial charge in [0.15, 0.2) is 0 Å². The van der Waals surface area contributed by atoms with Gasteiger partial charge in [0.1, 0.15) is 5.41 Å². The average Bonchev–Trinajstić information content (AvgIpc) is 2.97. The molecule has 0 fully saturated rings. The fourth-order valence-corrected chi connectivity index (χ4v) is 4.18. The second-order valence-electron chi connectivity index (χ2n) is 7.32. The molecule has 0 saturated heterocycles. The summed E-state index contributed by atoms with van der Waals surface area (Å²) in [6.07, 6.45) is -4.40. The monoisotopic (exact) mass is 375 g/mol. The van der Waals surface area contributed by atoms with Gasteiger partial charge in [-0.05, 0) is 47.4 Å². The molecule has 0 radical (unpaired) electrons. The van der Waals surface area contributed by atoms with Crippen LogP contribution in [0.4, 0.5) is 13.2 Å². The van der Waals surface area contributed by atoms with E-state index in [1.807, 2.05) is 42.5 Å². The highest BCUT2D eigenvalue weighted by molar-refractivity contribution is 5.85. The van der Waals surface area contributed by atoms with Crippen LogP contribution in [0, 0.1) is 0 Å². The van der Waals surface area contributed by atoms with Gasteiger partial charge in [-0.3, -0.25) is 0 Å². The van der Waals surface area contributed by atoms with Crippen LogP contribution in [0.3, 0.4) is 0 Å². The Hall–Kier alpha value is -3.14. The molecule has 5 rings (SSSR count). The van der Waals surface area contributed by atoms with Crippen molar-refractivity contribution in [3.05, 3.63) is 90.0 Å². The molecule has 0 bridgehead atoms. The number of fused-ring (bicyclic) bond motifs is 4. The average molecular weight is 375 g/mol. The number of alkyl halides is 3.